The molecule has 2 fully saturated rings. The van der Waals surface area contributed by atoms with Crippen LogP contribution in [0.4, 0.5) is 0 Å². The van der Waals surface area contributed by atoms with E-state index in [4.69, 9.17) is 0 Å². The van der Waals surface area contributed by atoms with Crippen LogP contribution >= 0.6 is 0 Å². The van der Waals surface area contributed by atoms with Crippen LogP contribution in [0.1, 0.15) is 78.1 Å². The van der Waals surface area contributed by atoms with Crippen molar-refractivity contribution in [1.29, 1.82) is 0 Å². The normalized spacial score (nSPS) is 24.1. The molecule has 1 aliphatic carbocycles. The average Bonchev–Trinajstić information content (AvgIpc) is 2.93. The molecule has 1 heterocycles. The minimum Gasteiger partial charge on any atom is -0.392 e. The Morgan fingerprint density at radius 2 is 2.23 bits per heavy atom. The molecule has 1 saturated carbocycles. The Balaban J connectivity index is 1.82. The van der Waals surface area contributed by atoms with Crippen LogP contribution in [0.2, 0.25) is 0 Å². The van der Waals surface area contributed by atoms with E-state index in [1.807, 2.05) is 13.0 Å². The highest BCUT2D eigenvalue weighted by Crippen LogP contribution is 2.47. The predicted molar refractivity (Wildman–Crippen MR) is 109 cm³/mol. The maximum atomic E-state index is 12.3. The third-order valence-corrected chi connectivity index (χ3v) is 6.57. The summed E-state index contributed by atoms with van der Waals surface area (Å²) in [4.78, 5) is 14.4. The number of rotatable bonds is 11. The number of hydrogen-bond acceptors (Lipinski definition) is 2. The van der Waals surface area contributed by atoms with Gasteiger partial charge in [-0.25, -0.2) is 0 Å². The second-order valence-corrected chi connectivity index (χ2v) is 8.02. The van der Waals surface area contributed by atoms with Crippen LogP contribution in [0, 0.1) is 5.41 Å². The number of allylic oxidation sites excluding steroid dienone is 5. The van der Waals surface area contributed by atoms with Crippen molar-refractivity contribution < 1.29 is 9.90 Å². The Hall–Kier alpha value is -1.35. The molecule has 0 aromatic heterocycles. The molecule has 1 unspecified atom stereocenters. The molecule has 0 radical (unpaired) electrons. The number of carbonyl (C=O) groups excluding carboxylic acids is 1. The van der Waals surface area contributed by atoms with E-state index in [1.54, 1.807) is 0 Å². The fourth-order valence-corrected chi connectivity index (χ4v) is 4.65. The van der Waals surface area contributed by atoms with Crippen LogP contribution in [0.3, 0.4) is 0 Å². The lowest BCUT2D eigenvalue weighted by Crippen LogP contribution is -2.43. The van der Waals surface area contributed by atoms with Gasteiger partial charge in [0.1, 0.15) is 0 Å². The van der Waals surface area contributed by atoms with Crippen molar-refractivity contribution in [3.05, 3.63) is 36.5 Å². The monoisotopic (exact) mass is 359 g/mol. The smallest absolute Gasteiger partial charge is 0.222 e. The van der Waals surface area contributed by atoms with Crippen molar-refractivity contribution in [2.45, 2.75) is 90.2 Å². The Morgan fingerprint density at radius 1 is 1.46 bits per heavy atom. The lowest BCUT2D eigenvalue weighted by Gasteiger charge is -2.45. The first-order valence-electron chi connectivity index (χ1n) is 10.5. The molecule has 3 heteroatoms. The van der Waals surface area contributed by atoms with Crippen molar-refractivity contribution in [2.24, 2.45) is 5.41 Å². The number of nitrogens with zero attached hydrogens (tertiary/aromatic N) is 1. The summed E-state index contributed by atoms with van der Waals surface area (Å²) >= 11 is 0. The lowest BCUT2D eigenvalue weighted by molar-refractivity contribution is -0.130. The molecule has 2 aliphatic rings. The van der Waals surface area contributed by atoms with Crippen molar-refractivity contribution in [3.8, 4) is 0 Å². The van der Waals surface area contributed by atoms with Crippen molar-refractivity contribution in [2.75, 3.05) is 6.54 Å². The number of aliphatic hydroxyl groups excluding tert-OH is 1. The number of amides is 1. The van der Waals surface area contributed by atoms with Gasteiger partial charge in [0.2, 0.25) is 5.91 Å². The minimum atomic E-state index is -0.257. The van der Waals surface area contributed by atoms with Crippen LogP contribution in [0.5, 0.6) is 0 Å². The van der Waals surface area contributed by atoms with Gasteiger partial charge in [-0.1, -0.05) is 44.2 Å². The predicted octanol–water partition coefficient (Wildman–Crippen LogP) is 5.17. The van der Waals surface area contributed by atoms with Crippen molar-refractivity contribution >= 4 is 5.91 Å². The van der Waals surface area contributed by atoms with E-state index in [0.29, 0.717) is 12.5 Å². The third kappa shape index (κ3) is 5.09. The minimum absolute atomic E-state index is 0.134. The zero-order valence-corrected chi connectivity index (χ0v) is 16.8. The van der Waals surface area contributed by atoms with E-state index >= 15 is 0 Å². The summed E-state index contributed by atoms with van der Waals surface area (Å²) in [5, 5.41) is 10.7. The highest BCUT2D eigenvalue weighted by molar-refractivity contribution is 5.78. The third-order valence-electron chi connectivity index (χ3n) is 6.57. The summed E-state index contributed by atoms with van der Waals surface area (Å²) in [6, 6.07) is 0.351. The highest BCUT2D eigenvalue weighted by atomic mass is 16.3. The first-order valence-corrected chi connectivity index (χ1v) is 10.5. The Labute approximate surface area is 159 Å². The zero-order valence-electron chi connectivity index (χ0n) is 16.8. The molecule has 3 nitrogen and oxygen atoms in total. The molecule has 1 saturated heterocycles. The van der Waals surface area contributed by atoms with E-state index in [9.17, 15) is 9.90 Å². The molecule has 26 heavy (non-hydrogen) atoms. The molecule has 1 aliphatic heterocycles. The summed E-state index contributed by atoms with van der Waals surface area (Å²) in [5.41, 5.74) is 1.43. The molecular weight excluding hydrogens is 322 g/mol. The van der Waals surface area contributed by atoms with E-state index in [1.165, 1.54) is 12.0 Å². The molecule has 0 aromatic rings. The van der Waals surface area contributed by atoms with E-state index < -0.39 is 0 Å². The number of likely N-dealkylation sites (tertiary alicyclic amines) is 1. The molecule has 2 atom stereocenters. The standard InChI is InChI=1S/C23H37NO2/c1-4-9-19(10-5-2)11-7-12-20-13-14-22(26)24(20)18-15-21(25)23(6-3)16-8-17-23/h4-5,9-10,20-21,25H,1,6-8,11-18H2,2-3H3/b10-5-,19-9+/t20?,21-/m0/s1. The van der Waals surface area contributed by atoms with Gasteiger partial charge >= 0.3 is 0 Å². The first kappa shape index (κ1) is 21.0. The van der Waals surface area contributed by atoms with Crippen LogP contribution in [-0.4, -0.2) is 34.6 Å². The second kappa shape index (κ2) is 10.1. The van der Waals surface area contributed by atoms with Crippen LogP contribution < -0.4 is 0 Å². The second-order valence-electron chi connectivity index (χ2n) is 8.02. The van der Waals surface area contributed by atoms with Crippen LogP contribution in [0.15, 0.2) is 36.5 Å². The lowest BCUT2D eigenvalue weighted by atomic mass is 9.63. The first-order chi connectivity index (χ1) is 12.6. The van der Waals surface area contributed by atoms with Gasteiger partial charge < -0.3 is 10.0 Å². The Bertz CT molecular complexity index is 525. The zero-order chi connectivity index (χ0) is 19.0. The maximum absolute atomic E-state index is 12.3. The summed E-state index contributed by atoms with van der Waals surface area (Å²) in [6.07, 6.45) is 18.0. The molecule has 0 spiro atoms. The molecule has 0 bridgehead atoms. The van der Waals surface area contributed by atoms with Gasteiger partial charge in [-0.15, -0.1) is 0 Å². The van der Waals surface area contributed by atoms with Gasteiger partial charge in [0.05, 0.1) is 6.10 Å². The van der Waals surface area contributed by atoms with Gasteiger partial charge in [0, 0.05) is 19.0 Å². The number of aliphatic hydroxyl groups is 1. The molecule has 2 rings (SSSR count). The highest BCUT2D eigenvalue weighted by Gasteiger charge is 2.42. The van der Waals surface area contributed by atoms with Crippen molar-refractivity contribution in [1.82, 2.24) is 4.90 Å². The van der Waals surface area contributed by atoms with E-state index in [-0.39, 0.29) is 17.4 Å². The maximum Gasteiger partial charge on any atom is 0.222 e. The van der Waals surface area contributed by atoms with Gasteiger partial charge in [0.15, 0.2) is 0 Å². The van der Waals surface area contributed by atoms with Gasteiger partial charge in [-0.2, -0.15) is 0 Å². The fraction of sp³-hybridized carbons (Fsp3) is 0.696. The molecule has 0 aromatic carbocycles. The largest absolute Gasteiger partial charge is 0.392 e. The quantitative estimate of drug-likeness (QED) is 0.517. The van der Waals surface area contributed by atoms with Gasteiger partial charge in [-0.3, -0.25) is 4.79 Å². The van der Waals surface area contributed by atoms with Crippen LogP contribution in [0.25, 0.3) is 0 Å². The summed E-state index contributed by atoms with van der Waals surface area (Å²) in [7, 11) is 0. The van der Waals surface area contributed by atoms with E-state index in [2.05, 4.69) is 36.6 Å². The summed E-state index contributed by atoms with van der Waals surface area (Å²) < 4.78 is 0. The number of carbonyl (C=O) groups is 1. The molecular formula is C23H37NO2. The summed E-state index contributed by atoms with van der Waals surface area (Å²) in [5.74, 6) is 0.275. The van der Waals surface area contributed by atoms with Crippen LogP contribution in [-0.2, 0) is 4.79 Å². The topological polar surface area (TPSA) is 40.5 Å². The molecule has 146 valence electrons. The Morgan fingerprint density at radius 3 is 2.81 bits per heavy atom. The van der Waals surface area contributed by atoms with E-state index in [0.717, 1.165) is 57.9 Å². The fourth-order valence-electron chi connectivity index (χ4n) is 4.65. The van der Waals surface area contributed by atoms with Gasteiger partial charge in [-0.05, 0) is 69.3 Å². The van der Waals surface area contributed by atoms with Crippen molar-refractivity contribution in [3.63, 3.8) is 0 Å². The average molecular weight is 360 g/mol. The number of hydrogen-bond donors (Lipinski definition) is 1. The Kier molecular flexibility index (Phi) is 8.15. The van der Waals surface area contributed by atoms with Gasteiger partial charge in [0.25, 0.3) is 0 Å². The molecule has 1 N–H and O–H groups in total. The summed E-state index contributed by atoms with van der Waals surface area (Å²) in [6.45, 7) is 8.72. The SMILES string of the molecule is C=C/C=C(\C=C/C)CCCC1CCC(=O)N1CC[C@H](O)C1(CC)CCC1. The molecule has 1 amide bonds.